The van der Waals surface area contributed by atoms with Crippen LogP contribution in [0.1, 0.15) is 23.7 Å². The quantitative estimate of drug-likeness (QED) is 0.439. The van der Waals surface area contributed by atoms with Gasteiger partial charge in [-0.05, 0) is 56.7 Å². The van der Waals surface area contributed by atoms with Gasteiger partial charge < -0.3 is 14.6 Å². The minimum Gasteiger partial charge on any atom is -0.506 e. The molecule has 0 aliphatic rings. The highest BCUT2D eigenvalue weighted by Gasteiger charge is 2.17. The standard InChI is InChI=1S/C20H20ClN3O2.C2H6O/c1-5-6-14(26-4)10-15-11(2)18-12(3)23-24-20(18)22-19(15)13-7-8-17(25)16(21)9-13;1-3-2/h5-10,25H,1-4H3,(H,22,23,24);1-2H3/b6-5-,14-10+;. The Balaban J connectivity index is 0.000000941. The highest BCUT2D eigenvalue weighted by molar-refractivity contribution is 6.32. The van der Waals surface area contributed by atoms with Gasteiger partial charge in [0.2, 0.25) is 0 Å². The Bertz CT molecular complexity index is 1060. The molecule has 0 saturated heterocycles. The van der Waals surface area contributed by atoms with Crippen molar-refractivity contribution in [3.05, 3.63) is 58.0 Å². The Labute approximate surface area is 175 Å². The molecule has 0 radical (unpaired) electrons. The molecule has 0 saturated carbocycles. The number of hydrogen-bond acceptors (Lipinski definition) is 5. The van der Waals surface area contributed by atoms with Crippen LogP contribution < -0.4 is 0 Å². The van der Waals surface area contributed by atoms with Crippen LogP contribution >= 0.6 is 11.6 Å². The Morgan fingerprint density at radius 2 is 1.90 bits per heavy atom. The van der Waals surface area contributed by atoms with E-state index in [9.17, 15) is 5.11 Å². The number of fused-ring (bicyclic) bond motifs is 1. The lowest BCUT2D eigenvalue weighted by molar-refractivity contribution is 0.277. The minimum absolute atomic E-state index is 0.0346. The van der Waals surface area contributed by atoms with Crippen LogP contribution in [-0.2, 0) is 9.47 Å². The number of methoxy groups -OCH3 is 2. The van der Waals surface area contributed by atoms with Gasteiger partial charge in [-0.25, -0.2) is 4.98 Å². The van der Waals surface area contributed by atoms with Gasteiger partial charge in [-0.1, -0.05) is 17.7 Å². The van der Waals surface area contributed by atoms with Gasteiger partial charge in [-0.3, -0.25) is 5.10 Å². The molecular weight excluding hydrogens is 390 g/mol. The smallest absolute Gasteiger partial charge is 0.182 e. The Morgan fingerprint density at radius 1 is 1.21 bits per heavy atom. The number of ether oxygens (including phenoxy) is 2. The molecule has 0 amide bonds. The largest absolute Gasteiger partial charge is 0.506 e. The molecule has 0 spiro atoms. The first kappa shape index (κ1) is 22.5. The highest BCUT2D eigenvalue weighted by atomic mass is 35.5. The fraction of sp³-hybridized carbons (Fsp3) is 0.273. The minimum atomic E-state index is 0.0346. The summed E-state index contributed by atoms with van der Waals surface area (Å²) in [5.41, 5.74) is 5.07. The molecule has 2 N–H and O–H groups in total. The number of H-pyrrole nitrogens is 1. The number of rotatable bonds is 4. The van der Waals surface area contributed by atoms with E-state index in [1.807, 2.05) is 39.0 Å². The van der Waals surface area contributed by atoms with Gasteiger partial charge in [0.1, 0.15) is 11.5 Å². The molecule has 1 aromatic carbocycles. The van der Waals surface area contributed by atoms with Crippen molar-refractivity contribution in [3.63, 3.8) is 0 Å². The first-order valence-electron chi connectivity index (χ1n) is 9.00. The third kappa shape index (κ3) is 4.96. The van der Waals surface area contributed by atoms with E-state index in [1.54, 1.807) is 39.5 Å². The zero-order valence-corrected chi connectivity index (χ0v) is 18.3. The van der Waals surface area contributed by atoms with Crippen molar-refractivity contribution in [2.75, 3.05) is 21.3 Å². The highest BCUT2D eigenvalue weighted by Crippen LogP contribution is 2.35. The number of phenolic OH excluding ortho intramolecular Hbond substituents is 1. The predicted octanol–water partition coefficient (Wildman–Crippen LogP) is 5.43. The predicted molar refractivity (Wildman–Crippen MR) is 118 cm³/mol. The maximum absolute atomic E-state index is 9.73. The molecule has 2 aromatic heterocycles. The lowest BCUT2D eigenvalue weighted by atomic mass is 9.98. The summed E-state index contributed by atoms with van der Waals surface area (Å²) in [5.74, 6) is 0.747. The summed E-state index contributed by atoms with van der Waals surface area (Å²) in [7, 11) is 4.88. The third-order valence-corrected chi connectivity index (χ3v) is 4.56. The molecule has 2 heterocycles. The van der Waals surface area contributed by atoms with Gasteiger partial charge in [0.05, 0.1) is 17.8 Å². The lowest BCUT2D eigenvalue weighted by Gasteiger charge is -2.12. The van der Waals surface area contributed by atoms with Crippen molar-refractivity contribution >= 4 is 28.7 Å². The van der Waals surface area contributed by atoms with E-state index in [0.29, 0.717) is 11.4 Å². The van der Waals surface area contributed by atoms with Crippen molar-refractivity contribution in [2.24, 2.45) is 0 Å². The molecule has 0 fully saturated rings. The van der Waals surface area contributed by atoms with E-state index in [0.717, 1.165) is 33.5 Å². The van der Waals surface area contributed by atoms with E-state index in [1.165, 1.54) is 0 Å². The fourth-order valence-electron chi connectivity index (χ4n) is 2.96. The summed E-state index contributed by atoms with van der Waals surface area (Å²) in [5, 5.41) is 18.3. The summed E-state index contributed by atoms with van der Waals surface area (Å²) in [4.78, 5) is 4.74. The van der Waals surface area contributed by atoms with Crippen LogP contribution in [0.5, 0.6) is 5.75 Å². The topological polar surface area (TPSA) is 80.3 Å². The second-order valence-electron chi connectivity index (χ2n) is 6.37. The Kier molecular flexibility index (Phi) is 7.82. The number of aromatic hydroxyl groups is 1. The Morgan fingerprint density at radius 3 is 2.48 bits per heavy atom. The van der Waals surface area contributed by atoms with Crippen LogP contribution in [0.15, 0.2) is 36.1 Å². The van der Waals surface area contributed by atoms with Crippen LogP contribution in [-0.4, -0.2) is 41.6 Å². The number of nitrogens with zero attached hydrogens (tertiary/aromatic N) is 2. The zero-order chi connectivity index (χ0) is 21.6. The van der Waals surface area contributed by atoms with Gasteiger partial charge in [-0.15, -0.1) is 0 Å². The van der Waals surface area contributed by atoms with Crippen LogP contribution in [0.3, 0.4) is 0 Å². The molecule has 0 aliphatic heterocycles. The lowest BCUT2D eigenvalue weighted by Crippen LogP contribution is -1.96. The number of benzene rings is 1. The fourth-order valence-corrected chi connectivity index (χ4v) is 3.14. The van der Waals surface area contributed by atoms with Gasteiger partial charge in [0.25, 0.3) is 0 Å². The number of aromatic amines is 1. The molecule has 0 unspecified atom stereocenters. The van der Waals surface area contributed by atoms with Gasteiger partial charge in [0, 0.05) is 36.4 Å². The molecular formula is C22H26ClN3O3. The number of hydrogen-bond donors (Lipinski definition) is 2. The van der Waals surface area contributed by atoms with Crippen molar-refractivity contribution in [2.45, 2.75) is 20.8 Å². The molecule has 154 valence electrons. The molecule has 3 aromatic rings. The number of aryl methyl sites for hydroxylation is 2. The molecule has 3 rings (SSSR count). The number of halogens is 1. The van der Waals surface area contributed by atoms with E-state index in [4.69, 9.17) is 21.3 Å². The Hall–Kier alpha value is -2.83. The summed E-state index contributed by atoms with van der Waals surface area (Å²) in [6, 6.07) is 5.04. The monoisotopic (exact) mass is 415 g/mol. The number of pyridine rings is 1. The van der Waals surface area contributed by atoms with E-state index < -0.39 is 0 Å². The molecule has 7 heteroatoms. The molecule has 6 nitrogen and oxygen atoms in total. The average Bonchev–Trinajstić information content (AvgIpc) is 3.07. The van der Waals surface area contributed by atoms with Crippen LogP contribution in [0, 0.1) is 13.8 Å². The van der Waals surface area contributed by atoms with E-state index in [-0.39, 0.29) is 10.8 Å². The van der Waals surface area contributed by atoms with Gasteiger partial charge >= 0.3 is 0 Å². The summed E-state index contributed by atoms with van der Waals surface area (Å²) in [6.45, 7) is 5.94. The summed E-state index contributed by atoms with van der Waals surface area (Å²) < 4.78 is 9.71. The van der Waals surface area contributed by atoms with Crippen LogP contribution in [0.2, 0.25) is 5.02 Å². The molecule has 29 heavy (non-hydrogen) atoms. The van der Waals surface area contributed by atoms with Crippen LogP contribution in [0.4, 0.5) is 0 Å². The number of nitrogens with one attached hydrogen (secondary N) is 1. The average molecular weight is 416 g/mol. The number of aromatic nitrogens is 3. The van der Waals surface area contributed by atoms with E-state index in [2.05, 4.69) is 14.9 Å². The van der Waals surface area contributed by atoms with Crippen molar-refractivity contribution in [3.8, 4) is 17.0 Å². The van der Waals surface area contributed by atoms with Crippen molar-refractivity contribution < 1.29 is 14.6 Å². The van der Waals surface area contributed by atoms with Crippen molar-refractivity contribution in [1.29, 1.82) is 0 Å². The molecule has 0 aliphatic carbocycles. The molecule has 0 atom stereocenters. The normalized spacial score (nSPS) is 11.6. The number of phenols is 1. The number of allylic oxidation sites excluding steroid dienone is 2. The van der Waals surface area contributed by atoms with Gasteiger partial charge in [0.15, 0.2) is 5.65 Å². The SMILES string of the molecule is C/C=C\C(=C/c1c(-c2ccc(O)c(Cl)c2)nc2n[nH]c(C)c2c1C)OC.COC. The van der Waals surface area contributed by atoms with Crippen molar-refractivity contribution in [1.82, 2.24) is 15.2 Å². The van der Waals surface area contributed by atoms with E-state index >= 15 is 0 Å². The second-order valence-corrected chi connectivity index (χ2v) is 6.78. The summed E-state index contributed by atoms with van der Waals surface area (Å²) >= 11 is 6.11. The first-order valence-corrected chi connectivity index (χ1v) is 9.38. The zero-order valence-electron chi connectivity index (χ0n) is 17.5. The summed E-state index contributed by atoms with van der Waals surface area (Å²) in [6.07, 6.45) is 5.75. The van der Waals surface area contributed by atoms with Gasteiger partial charge in [-0.2, -0.15) is 5.10 Å². The second kappa shape index (κ2) is 10.1. The third-order valence-electron chi connectivity index (χ3n) is 4.25. The maximum atomic E-state index is 9.73. The van der Waals surface area contributed by atoms with Crippen LogP contribution in [0.25, 0.3) is 28.4 Å². The maximum Gasteiger partial charge on any atom is 0.182 e. The first-order chi connectivity index (χ1) is 13.9. The molecule has 0 bridgehead atoms.